The number of morpholine rings is 1. The first kappa shape index (κ1) is 21.8. The Morgan fingerprint density at radius 2 is 1.87 bits per heavy atom. The molecule has 0 radical (unpaired) electrons. The number of hydrogen-bond acceptors (Lipinski definition) is 3. The normalized spacial score (nSPS) is 22.6. The number of aryl methyl sites for hydroxylation is 1. The van der Waals surface area contributed by atoms with Crippen molar-refractivity contribution in [1.82, 2.24) is 15.1 Å². The Balaban J connectivity index is 1.24. The van der Waals surface area contributed by atoms with Crippen LogP contribution < -0.4 is 5.32 Å². The molecule has 166 valence electrons. The van der Waals surface area contributed by atoms with Gasteiger partial charge >= 0.3 is 0 Å². The van der Waals surface area contributed by atoms with E-state index in [1.54, 1.807) is 0 Å². The third kappa shape index (κ3) is 5.86. The minimum Gasteiger partial charge on any atom is -0.370 e. The maximum atomic E-state index is 6.09. The molecular weight excluding hydrogens is 384 g/mol. The molecular formula is C26H36N4O. The average molecular weight is 421 g/mol. The maximum Gasteiger partial charge on any atom is 0.193 e. The molecule has 2 aliphatic rings. The molecule has 0 amide bonds. The molecule has 0 saturated carbocycles. The number of hydrogen-bond donors (Lipinski definition) is 1. The minimum atomic E-state index is 0.105. The fourth-order valence-corrected chi connectivity index (χ4v) is 4.76. The first-order chi connectivity index (χ1) is 15.2. The van der Waals surface area contributed by atoms with Crippen molar-refractivity contribution >= 4 is 5.96 Å². The van der Waals surface area contributed by atoms with Crippen LogP contribution in [0, 0.1) is 12.8 Å². The molecule has 2 aliphatic heterocycles. The summed E-state index contributed by atoms with van der Waals surface area (Å²) in [5.74, 6) is 1.69. The van der Waals surface area contributed by atoms with E-state index in [9.17, 15) is 0 Å². The molecule has 4 rings (SSSR count). The van der Waals surface area contributed by atoms with Crippen LogP contribution in [0.25, 0.3) is 0 Å². The number of nitrogens with zero attached hydrogens (tertiary/aromatic N) is 3. The second-order valence-corrected chi connectivity index (χ2v) is 8.78. The smallest absolute Gasteiger partial charge is 0.193 e. The standard InChI is InChI=1S/C26H36N4O/c1-21-8-6-7-11-24(21)25-20-30(16-17-31-25)26(27-2)28-18-23-13-15-29(19-23)14-12-22-9-4-3-5-10-22/h3-11,23,25H,12-20H2,1-2H3,(H,27,28). The third-order valence-electron chi connectivity index (χ3n) is 6.59. The molecule has 2 fully saturated rings. The van der Waals surface area contributed by atoms with Gasteiger partial charge in [0.2, 0.25) is 0 Å². The summed E-state index contributed by atoms with van der Waals surface area (Å²) in [5, 5.41) is 3.66. The number of nitrogens with one attached hydrogen (secondary N) is 1. The second kappa shape index (κ2) is 10.8. The summed E-state index contributed by atoms with van der Waals surface area (Å²) in [6.45, 7) is 9.13. The van der Waals surface area contributed by atoms with Gasteiger partial charge in [-0.25, -0.2) is 0 Å². The van der Waals surface area contributed by atoms with Gasteiger partial charge in [-0.15, -0.1) is 0 Å². The van der Waals surface area contributed by atoms with Crippen LogP contribution in [0.4, 0.5) is 0 Å². The lowest BCUT2D eigenvalue weighted by Crippen LogP contribution is -2.49. The molecule has 2 unspecified atom stereocenters. The Hall–Kier alpha value is -2.37. The summed E-state index contributed by atoms with van der Waals surface area (Å²) in [6.07, 6.45) is 2.50. The highest BCUT2D eigenvalue weighted by molar-refractivity contribution is 5.80. The molecule has 5 nitrogen and oxygen atoms in total. The number of guanidine groups is 1. The lowest BCUT2D eigenvalue weighted by Gasteiger charge is -2.36. The average Bonchev–Trinajstić information content (AvgIpc) is 3.27. The van der Waals surface area contributed by atoms with Crippen LogP contribution in [-0.2, 0) is 11.2 Å². The molecule has 2 aromatic rings. The molecule has 2 aromatic carbocycles. The van der Waals surface area contributed by atoms with Crippen molar-refractivity contribution in [2.24, 2.45) is 10.9 Å². The number of rotatable bonds is 6. The largest absolute Gasteiger partial charge is 0.370 e. The zero-order valence-corrected chi connectivity index (χ0v) is 19.0. The highest BCUT2D eigenvalue weighted by atomic mass is 16.5. The molecule has 2 heterocycles. The Labute approximate surface area is 187 Å². The van der Waals surface area contributed by atoms with E-state index in [4.69, 9.17) is 4.74 Å². The fourth-order valence-electron chi connectivity index (χ4n) is 4.76. The molecule has 31 heavy (non-hydrogen) atoms. The van der Waals surface area contributed by atoms with Gasteiger partial charge in [0.05, 0.1) is 13.2 Å². The van der Waals surface area contributed by atoms with Crippen molar-refractivity contribution in [2.45, 2.75) is 25.9 Å². The van der Waals surface area contributed by atoms with Crippen LogP contribution in [-0.4, -0.2) is 68.7 Å². The van der Waals surface area contributed by atoms with Gasteiger partial charge in [0.15, 0.2) is 5.96 Å². The number of aliphatic imine (C=N–C) groups is 1. The van der Waals surface area contributed by atoms with Gasteiger partial charge in [-0.1, -0.05) is 54.6 Å². The van der Waals surface area contributed by atoms with Gasteiger partial charge in [-0.05, 0) is 48.9 Å². The van der Waals surface area contributed by atoms with Crippen LogP contribution in [0.3, 0.4) is 0 Å². The Bertz CT molecular complexity index is 853. The Kier molecular flexibility index (Phi) is 7.60. The van der Waals surface area contributed by atoms with Gasteiger partial charge in [-0.2, -0.15) is 0 Å². The van der Waals surface area contributed by atoms with Crippen molar-refractivity contribution in [3.05, 3.63) is 71.3 Å². The van der Waals surface area contributed by atoms with Gasteiger partial charge in [-0.3, -0.25) is 4.99 Å². The topological polar surface area (TPSA) is 40.1 Å². The highest BCUT2D eigenvalue weighted by Crippen LogP contribution is 2.25. The summed E-state index contributed by atoms with van der Waals surface area (Å²) in [4.78, 5) is 9.53. The van der Waals surface area contributed by atoms with Crippen LogP contribution in [0.1, 0.15) is 29.2 Å². The molecule has 0 aromatic heterocycles. The van der Waals surface area contributed by atoms with Crippen LogP contribution in [0.2, 0.25) is 0 Å². The van der Waals surface area contributed by atoms with E-state index in [1.165, 1.54) is 36.2 Å². The number of likely N-dealkylation sites (tertiary alicyclic amines) is 1. The van der Waals surface area contributed by atoms with E-state index in [1.807, 2.05) is 7.05 Å². The molecule has 2 atom stereocenters. The van der Waals surface area contributed by atoms with Crippen molar-refractivity contribution in [3.8, 4) is 0 Å². The SMILES string of the molecule is CN=C(NCC1CCN(CCc2ccccc2)C1)N1CCOC(c2ccccc2C)C1. The van der Waals surface area contributed by atoms with Gasteiger partial charge in [0.1, 0.15) is 6.10 Å². The van der Waals surface area contributed by atoms with E-state index in [2.05, 4.69) is 81.6 Å². The third-order valence-corrected chi connectivity index (χ3v) is 6.59. The monoisotopic (exact) mass is 420 g/mol. The zero-order valence-electron chi connectivity index (χ0n) is 19.0. The first-order valence-electron chi connectivity index (χ1n) is 11.6. The molecule has 1 N–H and O–H groups in total. The molecule has 5 heteroatoms. The zero-order chi connectivity index (χ0) is 21.5. The highest BCUT2D eigenvalue weighted by Gasteiger charge is 2.27. The summed E-state index contributed by atoms with van der Waals surface area (Å²) in [5.41, 5.74) is 4.01. The quantitative estimate of drug-likeness (QED) is 0.574. The lowest BCUT2D eigenvalue weighted by atomic mass is 10.0. The van der Waals surface area contributed by atoms with E-state index < -0.39 is 0 Å². The van der Waals surface area contributed by atoms with E-state index in [0.717, 1.165) is 45.2 Å². The first-order valence-corrected chi connectivity index (χ1v) is 11.6. The molecule has 2 saturated heterocycles. The second-order valence-electron chi connectivity index (χ2n) is 8.78. The number of ether oxygens (including phenoxy) is 1. The lowest BCUT2D eigenvalue weighted by molar-refractivity contribution is -0.00836. The maximum absolute atomic E-state index is 6.09. The fraction of sp³-hybridized carbons (Fsp3) is 0.500. The summed E-state index contributed by atoms with van der Waals surface area (Å²) < 4.78 is 6.09. The van der Waals surface area contributed by atoms with Crippen LogP contribution in [0.15, 0.2) is 59.6 Å². The molecule has 0 bridgehead atoms. The van der Waals surface area contributed by atoms with E-state index in [0.29, 0.717) is 5.92 Å². The van der Waals surface area contributed by atoms with Crippen LogP contribution in [0.5, 0.6) is 0 Å². The Morgan fingerprint density at radius 3 is 2.68 bits per heavy atom. The molecule has 0 aliphatic carbocycles. The molecule has 0 spiro atoms. The van der Waals surface area contributed by atoms with Crippen LogP contribution >= 0.6 is 0 Å². The van der Waals surface area contributed by atoms with Crippen molar-refractivity contribution < 1.29 is 4.74 Å². The Morgan fingerprint density at radius 1 is 1.06 bits per heavy atom. The summed E-state index contributed by atoms with van der Waals surface area (Å²) in [7, 11) is 1.89. The van der Waals surface area contributed by atoms with Crippen molar-refractivity contribution in [1.29, 1.82) is 0 Å². The van der Waals surface area contributed by atoms with E-state index in [-0.39, 0.29) is 6.10 Å². The number of benzene rings is 2. The van der Waals surface area contributed by atoms with Gasteiger partial charge in [0.25, 0.3) is 0 Å². The summed E-state index contributed by atoms with van der Waals surface area (Å²) in [6, 6.07) is 19.3. The van der Waals surface area contributed by atoms with Gasteiger partial charge in [0, 0.05) is 33.2 Å². The van der Waals surface area contributed by atoms with Gasteiger partial charge < -0.3 is 19.9 Å². The van der Waals surface area contributed by atoms with E-state index >= 15 is 0 Å². The van der Waals surface area contributed by atoms with Crippen molar-refractivity contribution in [3.63, 3.8) is 0 Å². The minimum absolute atomic E-state index is 0.105. The van der Waals surface area contributed by atoms with Crippen molar-refractivity contribution in [2.75, 3.05) is 52.9 Å². The predicted octanol–water partition coefficient (Wildman–Crippen LogP) is 3.51. The summed E-state index contributed by atoms with van der Waals surface area (Å²) >= 11 is 0. The predicted molar refractivity (Wildman–Crippen MR) is 127 cm³/mol.